The van der Waals surface area contributed by atoms with E-state index < -0.39 is 0 Å². The molecule has 0 amide bonds. The highest BCUT2D eigenvalue weighted by molar-refractivity contribution is 5.67. The van der Waals surface area contributed by atoms with Gasteiger partial charge in [0.2, 0.25) is 0 Å². The lowest BCUT2D eigenvalue weighted by Gasteiger charge is -2.26. The van der Waals surface area contributed by atoms with Crippen LogP contribution in [0.5, 0.6) is 0 Å². The second kappa shape index (κ2) is 6.31. The number of rotatable bonds is 5. The first kappa shape index (κ1) is 15.6. The van der Waals surface area contributed by atoms with E-state index >= 15 is 0 Å². The van der Waals surface area contributed by atoms with Gasteiger partial charge in [0, 0.05) is 30.9 Å². The van der Waals surface area contributed by atoms with Crippen molar-refractivity contribution in [2.24, 2.45) is 12.8 Å². The van der Waals surface area contributed by atoms with Gasteiger partial charge in [-0.05, 0) is 45.7 Å². The number of hydrogen-bond acceptors (Lipinski definition) is 3. The van der Waals surface area contributed by atoms with Crippen LogP contribution in [0.15, 0.2) is 24.3 Å². The van der Waals surface area contributed by atoms with Crippen molar-refractivity contribution >= 4 is 11.5 Å². The molecule has 0 aliphatic heterocycles. The first-order valence-corrected chi connectivity index (χ1v) is 7.56. The number of aryl methyl sites for hydroxylation is 3. The van der Waals surface area contributed by atoms with Gasteiger partial charge in [-0.15, -0.1) is 0 Å². The van der Waals surface area contributed by atoms with Gasteiger partial charge in [-0.3, -0.25) is 4.68 Å². The monoisotopic (exact) mass is 286 g/mol. The number of para-hydroxylation sites is 1. The molecule has 0 fully saturated rings. The van der Waals surface area contributed by atoms with Crippen molar-refractivity contribution in [3.8, 4) is 0 Å². The highest BCUT2D eigenvalue weighted by atomic mass is 15.4. The first-order chi connectivity index (χ1) is 9.95. The van der Waals surface area contributed by atoms with Crippen molar-refractivity contribution in [2.75, 3.05) is 11.4 Å². The Morgan fingerprint density at radius 2 is 1.95 bits per heavy atom. The summed E-state index contributed by atoms with van der Waals surface area (Å²) in [6, 6.07) is 8.59. The molecular formula is C17H26N4. The number of aromatic nitrogens is 2. The third-order valence-electron chi connectivity index (χ3n) is 3.82. The lowest BCUT2D eigenvalue weighted by molar-refractivity contribution is 0.726. The number of benzene rings is 1. The molecule has 21 heavy (non-hydrogen) atoms. The number of hydrogen-bond donors (Lipinski definition) is 1. The number of nitrogens with two attached hydrogens (primary N) is 1. The van der Waals surface area contributed by atoms with E-state index in [-0.39, 0.29) is 6.04 Å². The molecule has 0 aliphatic carbocycles. The van der Waals surface area contributed by atoms with Crippen LogP contribution in [0.4, 0.5) is 11.5 Å². The van der Waals surface area contributed by atoms with E-state index in [0.717, 1.165) is 24.5 Å². The minimum Gasteiger partial charge on any atom is -0.328 e. The average Bonchev–Trinajstić information content (AvgIpc) is 2.68. The van der Waals surface area contributed by atoms with Crippen LogP contribution in [0.25, 0.3) is 0 Å². The summed E-state index contributed by atoms with van der Waals surface area (Å²) in [4.78, 5) is 2.33. The average molecular weight is 286 g/mol. The Labute approximate surface area is 127 Å². The lowest BCUT2D eigenvalue weighted by atomic mass is 10.1. The van der Waals surface area contributed by atoms with Crippen molar-refractivity contribution in [3.63, 3.8) is 0 Å². The van der Waals surface area contributed by atoms with E-state index in [9.17, 15) is 0 Å². The molecule has 1 unspecified atom stereocenters. The standard InChI is InChI=1S/C17H26N4/c1-6-21(16-10-8-7-9-12(16)2)17-15(11-13(3)18)14(4)19-20(17)5/h7-10,13H,6,11,18H2,1-5H3. The Kier molecular flexibility index (Phi) is 4.68. The van der Waals surface area contributed by atoms with E-state index in [2.05, 4.69) is 55.0 Å². The molecule has 2 rings (SSSR count). The summed E-state index contributed by atoms with van der Waals surface area (Å²) in [5.41, 5.74) is 10.8. The fraction of sp³-hybridized carbons (Fsp3) is 0.471. The molecule has 0 radical (unpaired) electrons. The maximum absolute atomic E-state index is 6.03. The fourth-order valence-corrected chi connectivity index (χ4v) is 2.89. The molecule has 1 aromatic carbocycles. The van der Waals surface area contributed by atoms with Crippen LogP contribution in [0.2, 0.25) is 0 Å². The van der Waals surface area contributed by atoms with Gasteiger partial charge in [0.1, 0.15) is 5.82 Å². The Morgan fingerprint density at radius 3 is 2.52 bits per heavy atom. The molecule has 4 heteroatoms. The summed E-state index contributed by atoms with van der Waals surface area (Å²) in [6.07, 6.45) is 0.845. The molecule has 0 spiro atoms. The number of anilines is 2. The summed E-state index contributed by atoms with van der Waals surface area (Å²) >= 11 is 0. The first-order valence-electron chi connectivity index (χ1n) is 7.56. The third-order valence-corrected chi connectivity index (χ3v) is 3.82. The largest absolute Gasteiger partial charge is 0.328 e. The van der Waals surface area contributed by atoms with Gasteiger partial charge in [0.05, 0.1) is 5.69 Å². The Morgan fingerprint density at radius 1 is 1.29 bits per heavy atom. The highest BCUT2D eigenvalue weighted by Crippen LogP contribution is 2.32. The molecule has 0 saturated carbocycles. The summed E-state index contributed by atoms with van der Waals surface area (Å²) in [5, 5.41) is 4.61. The van der Waals surface area contributed by atoms with Crippen LogP contribution in [0, 0.1) is 13.8 Å². The molecule has 1 atom stereocenters. The van der Waals surface area contributed by atoms with Gasteiger partial charge in [0.25, 0.3) is 0 Å². The molecule has 0 saturated heterocycles. The van der Waals surface area contributed by atoms with Gasteiger partial charge in [-0.2, -0.15) is 5.10 Å². The lowest BCUT2D eigenvalue weighted by Crippen LogP contribution is -2.24. The van der Waals surface area contributed by atoms with E-state index in [1.807, 2.05) is 18.7 Å². The zero-order valence-corrected chi connectivity index (χ0v) is 13.7. The molecular weight excluding hydrogens is 260 g/mol. The summed E-state index contributed by atoms with van der Waals surface area (Å²) in [6.45, 7) is 9.32. The van der Waals surface area contributed by atoms with Crippen LogP contribution >= 0.6 is 0 Å². The summed E-state index contributed by atoms with van der Waals surface area (Å²) < 4.78 is 1.98. The van der Waals surface area contributed by atoms with Gasteiger partial charge in [-0.1, -0.05) is 18.2 Å². The van der Waals surface area contributed by atoms with Crippen molar-refractivity contribution < 1.29 is 0 Å². The van der Waals surface area contributed by atoms with Crippen molar-refractivity contribution in [3.05, 3.63) is 41.1 Å². The normalized spacial score (nSPS) is 12.5. The molecule has 4 nitrogen and oxygen atoms in total. The van der Waals surface area contributed by atoms with Gasteiger partial charge in [-0.25, -0.2) is 0 Å². The smallest absolute Gasteiger partial charge is 0.134 e. The topological polar surface area (TPSA) is 47.1 Å². The maximum atomic E-state index is 6.03. The molecule has 2 N–H and O–H groups in total. The quantitative estimate of drug-likeness (QED) is 0.919. The number of nitrogens with zero attached hydrogens (tertiary/aromatic N) is 3. The van der Waals surface area contributed by atoms with Gasteiger partial charge >= 0.3 is 0 Å². The van der Waals surface area contributed by atoms with Crippen LogP contribution in [-0.4, -0.2) is 22.4 Å². The second-order valence-corrected chi connectivity index (χ2v) is 5.72. The molecule has 0 bridgehead atoms. The Balaban J connectivity index is 2.55. The SMILES string of the molecule is CCN(c1ccccc1C)c1c(CC(C)N)c(C)nn1C. The van der Waals surface area contributed by atoms with E-state index in [1.165, 1.54) is 16.8 Å². The minimum atomic E-state index is 0.127. The van der Waals surface area contributed by atoms with Crippen molar-refractivity contribution in [2.45, 2.75) is 40.2 Å². The molecule has 114 valence electrons. The minimum absolute atomic E-state index is 0.127. The zero-order valence-electron chi connectivity index (χ0n) is 13.7. The highest BCUT2D eigenvalue weighted by Gasteiger charge is 2.21. The molecule has 0 aliphatic rings. The predicted molar refractivity (Wildman–Crippen MR) is 89.2 cm³/mol. The van der Waals surface area contributed by atoms with Crippen LogP contribution in [0.3, 0.4) is 0 Å². The van der Waals surface area contributed by atoms with Crippen LogP contribution in [0.1, 0.15) is 30.7 Å². The molecule has 1 aromatic heterocycles. The summed E-state index contributed by atoms with van der Waals surface area (Å²) in [7, 11) is 2.01. The summed E-state index contributed by atoms with van der Waals surface area (Å²) in [5.74, 6) is 1.15. The maximum Gasteiger partial charge on any atom is 0.134 e. The van der Waals surface area contributed by atoms with Gasteiger partial charge < -0.3 is 10.6 Å². The Hall–Kier alpha value is -1.81. The molecule has 2 aromatic rings. The van der Waals surface area contributed by atoms with Gasteiger partial charge in [0.15, 0.2) is 0 Å². The van der Waals surface area contributed by atoms with E-state index in [0.29, 0.717) is 0 Å². The van der Waals surface area contributed by atoms with Crippen LogP contribution in [-0.2, 0) is 13.5 Å². The van der Waals surface area contributed by atoms with E-state index in [4.69, 9.17) is 5.73 Å². The van der Waals surface area contributed by atoms with E-state index in [1.54, 1.807) is 0 Å². The fourth-order valence-electron chi connectivity index (χ4n) is 2.89. The Bertz CT molecular complexity index is 613. The predicted octanol–water partition coefficient (Wildman–Crippen LogP) is 3.08. The third kappa shape index (κ3) is 3.10. The van der Waals surface area contributed by atoms with Crippen LogP contribution < -0.4 is 10.6 Å². The van der Waals surface area contributed by atoms with Crippen molar-refractivity contribution in [1.82, 2.24) is 9.78 Å². The molecule has 1 heterocycles. The zero-order chi connectivity index (χ0) is 15.6. The second-order valence-electron chi connectivity index (χ2n) is 5.72. The van der Waals surface area contributed by atoms with Crippen molar-refractivity contribution in [1.29, 1.82) is 0 Å².